The molecule has 2 heterocycles. The minimum atomic E-state index is -0.201. The largest absolute Gasteiger partial charge is 0.495 e. The predicted octanol–water partition coefficient (Wildman–Crippen LogP) is 3.55. The fraction of sp³-hybridized carbons (Fsp3) is 0.481. The van der Waals surface area contributed by atoms with Gasteiger partial charge in [0.25, 0.3) is 0 Å². The fourth-order valence-electron chi connectivity index (χ4n) is 5.04. The molecule has 2 fully saturated rings. The van der Waals surface area contributed by atoms with Crippen LogP contribution in [0.1, 0.15) is 30.9 Å². The Kier molecular flexibility index (Phi) is 6.91. The summed E-state index contributed by atoms with van der Waals surface area (Å²) in [6.07, 6.45) is 0. The third kappa shape index (κ3) is 4.85. The van der Waals surface area contributed by atoms with Gasteiger partial charge in [-0.05, 0) is 24.6 Å². The van der Waals surface area contributed by atoms with Crippen molar-refractivity contribution in [2.75, 3.05) is 51.3 Å². The number of ether oxygens (including phenoxy) is 1. The molecule has 2 aromatic rings. The van der Waals surface area contributed by atoms with Crippen LogP contribution in [0.3, 0.4) is 0 Å². The normalized spacial score (nSPS) is 20.9. The summed E-state index contributed by atoms with van der Waals surface area (Å²) in [6, 6.07) is 16.4. The van der Waals surface area contributed by atoms with Crippen molar-refractivity contribution in [3.8, 4) is 5.75 Å². The molecule has 0 unspecified atom stereocenters. The summed E-state index contributed by atoms with van der Waals surface area (Å²) in [5.74, 6) is 0.918. The zero-order valence-corrected chi connectivity index (χ0v) is 20.2. The predicted molar refractivity (Wildman–Crippen MR) is 131 cm³/mol. The Morgan fingerprint density at radius 3 is 2.21 bits per heavy atom. The van der Waals surface area contributed by atoms with Gasteiger partial charge in [-0.25, -0.2) is 0 Å². The lowest BCUT2D eigenvalue weighted by Gasteiger charge is -2.38. The Morgan fingerprint density at radius 2 is 1.58 bits per heavy atom. The van der Waals surface area contributed by atoms with Crippen LogP contribution in [0.5, 0.6) is 5.75 Å². The monoisotopic (exact) mass is 449 g/mol. The van der Waals surface area contributed by atoms with E-state index in [1.807, 2.05) is 41.8 Å². The molecule has 176 valence electrons. The van der Waals surface area contributed by atoms with Gasteiger partial charge >= 0.3 is 0 Å². The van der Waals surface area contributed by atoms with E-state index in [0.29, 0.717) is 26.2 Å². The number of likely N-dealkylation sites (tertiary alicyclic amines) is 1. The van der Waals surface area contributed by atoms with Gasteiger partial charge in [0.15, 0.2) is 0 Å². The third-order valence-electron chi connectivity index (χ3n) is 6.97. The highest BCUT2D eigenvalue weighted by molar-refractivity contribution is 5.84. The number of carbonyl (C=O) groups is 2. The van der Waals surface area contributed by atoms with Gasteiger partial charge < -0.3 is 19.4 Å². The number of hydrogen-bond donors (Lipinski definition) is 0. The Morgan fingerprint density at radius 1 is 0.909 bits per heavy atom. The maximum absolute atomic E-state index is 13.7. The Hall–Kier alpha value is -3.02. The van der Waals surface area contributed by atoms with Crippen molar-refractivity contribution >= 4 is 17.5 Å². The SMILES string of the molecule is COc1ccccc1N1CCN(C(=O)[C@H]2CN(C(=O)C(C)C)C[C@H]2c2ccc(C)cc2)CC1. The molecule has 6 heteroatoms. The first kappa shape index (κ1) is 23.1. The van der Waals surface area contributed by atoms with Crippen molar-refractivity contribution in [2.24, 2.45) is 11.8 Å². The van der Waals surface area contributed by atoms with Gasteiger partial charge in [-0.1, -0.05) is 55.8 Å². The molecule has 0 aliphatic carbocycles. The third-order valence-corrected chi connectivity index (χ3v) is 6.97. The van der Waals surface area contributed by atoms with Crippen LogP contribution < -0.4 is 9.64 Å². The van der Waals surface area contributed by atoms with Crippen molar-refractivity contribution in [1.29, 1.82) is 0 Å². The molecule has 0 aromatic heterocycles. The molecular formula is C27H35N3O3. The van der Waals surface area contributed by atoms with Gasteiger partial charge in [-0.3, -0.25) is 9.59 Å². The van der Waals surface area contributed by atoms with E-state index in [9.17, 15) is 9.59 Å². The van der Waals surface area contributed by atoms with E-state index in [0.717, 1.165) is 30.1 Å². The Labute approximate surface area is 197 Å². The fourth-order valence-corrected chi connectivity index (χ4v) is 5.04. The molecule has 0 saturated carbocycles. The topological polar surface area (TPSA) is 53.1 Å². The van der Waals surface area contributed by atoms with Gasteiger partial charge in [0.1, 0.15) is 5.75 Å². The summed E-state index contributed by atoms with van der Waals surface area (Å²) in [5.41, 5.74) is 3.41. The maximum Gasteiger partial charge on any atom is 0.228 e. The van der Waals surface area contributed by atoms with Crippen molar-refractivity contribution in [2.45, 2.75) is 26.7 Å². The first-order valence-corrected chi connectivity index (χ1v) is 11.9. The highest BCUT2D eigenvalue weighted by Crippen LogP contribution is 2.36. The molecule has 4 rings (SSSR count). The van der Waals surface area contributed by atoms with E-state index in [4.69, 9.17) is 4.74 Å². The molecule has 2 atom stereocenters. The summed E-state index contributed by atoms with van der Waals surface area (Å²) in [5, 5.41) is 0. The van der Waals surface area contributed by atoms with Crippen LogP contribution in [0, 0.1) is 18.8 Å². The summed E-state index contributed by atoms with van der Waals surface area (Å²) in [7, 11) is 1.69. The lowest BCUT2D eigenvalue weighted by atomic mass is 9.87. The standard InChI is InChI=1S/C27H35N3O3/c1-19(2)26(31)30-17-22(21-11-9-20(3)10-12-21)23(18-30)27(32)29-15-13-28(14-16-29)24-7-5-6-8-25(24)33-4/h5-12,19,22-23H,13-18H2,1-4H3/t22-,23-/m0/s1. The lowest BCUT2D eigenvalue weighted by molar-refractivity contribution is -0.136. The molecule has 0 spiro atoms. The number of anilines is 1. The van der Waals surface area contributed by atoms with Crippen LogP contribution in [0.25, 0.3) is 0 Å². The molecule has 2 aliphatic heterocycles. The number of rotatable bonds is 5. The highest BCUT2D eigenvalue weighted by Gasteiger charge is 2.42. The second-order valence-corrected chi connectivity index (χ2v) is 9.51. The van der Waals surface area contributed by atoms with Gasteiger partial charge in [0.2, 0.25) is 11.8 Å². The van der Waals surface area contributed by atoms with Crippen molar-refractivity contribution in [1.82, 2.24) is 9.80 Å². The van der Waals surface area contributed by atoms with Crippen LogP contribution in [0.2, 0.25) is 0 Å². The molecule has 2 saturated heterocycles. The molecule has 33 heavy (non-hydrogen) atoms. The number of para-hydroxylation sites is 2. The van der Waals surface area contributed by atoms with Gasteiger partial charge in [0, 0.05) is 51.1 Å². The summed E-state index contributed by atoms with van der Waals surface area (Å²) in [6.45, 7) is 9.91. The number of amides is 2. The zero-order chi connectivity index (χ0) is 23.5. The van der Waals surface area contributed by atoms with Gasteiger partial charge in [-0.15, -0.1) is 0 Å². The lowest BCUT2D eigenvalue weighted by Crippen LogP contribution is -2.51. The van der Waals surface area contributed by atoms with E-state index in [2.05, 4.69) is 42.2 Å². The van der Waals surface area contributed by atoms with Crippen LogP contribution in [-0.2, 0) is 9.59 Å². The summed E-state index contributed by atoms with van der Waals surface area (Å²) >= 11 is 0. The highest BCUT2D eigenvalue weighted by atomic mass is 16.5. The molecule has 6 nitrogen and oxygen atoms in total. The number of carbonyl (C=O) groups excluding carboxylic acids is 2. The summed E-state index contributed by atoms with van der Waals surface area (Å²) in [4.78, 5) is 32.6. The number of nitrogens with zero attached hydrogens (tertiary/aromatic N) is 3. The molecule has 2 aromatic carbocycles. The van der Waals surface area contributed by atoms with E-state index < -0.39 is 0 Å². The maximum atomic E-state index is 13.7. The van der Waals surface area contributed by atoms with Gasteiger partial charge in [-0.2, -0.15) is 0 Å². The Balaban J connectivity index is 1.49. The first-order valence-electron chi connectivity index (χ1n) is 11.9. The second-order valence-electron chi connectivity index (χ2n) is 9.51. The molecular weight excluding hydrogens is 414 g/mol. The molecule has 0 bridgehead atoms. The number of piperazine rings is 1. The Bertz CT molecular complexity index is 980. The number of aryl methyl sites for hydroxylation is 1. The molecule has 0 N–H and O–H groups in total. The zero-order valence-electron chi connectivity index (χ0n) is 20.2. The van der Waals surface area contributed by atoms with Crippen LogP contribution in [-0.4, -0.2) is 68.0 Å². The van der Waals surface area contributed by atoms with Crippen molar-refractivity contribution < 1.29 is 14.3 Å². The van der Waals surface area contributed by atoms with Crippen LogP contribution >= 0.6 is 0 Å². The minimum absolute atomic E-state index is 0.0352. The van der Waals surface area contributed by atoms with E-state index in [-0.39, 0.29) is 29.6 Å². The molecule has 2 aliphatic rings. The second kappa shape index (κ2) is 9.86. The molecule has 0 radical (unpaired) electrons. The van der Waals surface area contributed by atoms with Crippen molar-refractivity contribution in [3.63, 3.8) is 0 Å². The minimum Gasteiger partial charge on any atom is -0.495 e. The number of benzene rings is 2. The first-order chi connectivity index (χ1) is 15.9. The van der Waals surface area contributed by atoms with E-state index in [1.54, 1.807) is 7.11 Å². The average molecular weight is 450 g/mol. The number of hydrogen-bond acceptors (Lipinski definition) is 4. The van der Waals surface area contributed by atoms with Crippen molar-refractivity contribution in [3.05, 3.63) is 59.7 Å². The molecule has 2 amide bonds. The summed E-state index contributed by atoms with van der Waals surface area (Å²) < 4.78 is 5.52. The van der Waals surface area contributed by atoms with Crippen LogP contribution in [0.4, 0.5) is 5.69 Å². The smallest absolute Gasteiger partial charge is 0.228 e. The quantitative estimate of drug-likeness (QED) is 0.701. The average Bonchev–Trinajstić information content (AvgIpc) is 3.29. The van der Waals surface area contributed by atoms with E-state index in [1.165, 1.54) is 5.56 Å². The van der Waals surface area contributed by atoms with Gasteiger partial charge in [0.05, 0.1) is 18.7 Å². The number of methoxy groups -OCH3 is 1. The van der Waals surface area contributed by atoms with E-state index >= 15 is 0 Å². The van der Waals surface area contributed by atoms with Crippen LogP contribution in [0.15, 0.2) is 48.5 Å².